The van der Waals surface area contributed by atoms with E-state index in [1.54, 1.807) is 0 Å². The largest absolute Gasteiger partial charge is 0.320 e. The summed E-state index contributed by atoms with van der Waals surface area (Å²) in [5, 5.41) is 3.10. The quantitative estimate of drug-likeness (QED) is 0.860. The number of benzene rings is 2. The predicted molar refractivity (Wildman–Crippen MR) is 99.2 cm³/mol. The molecule has 0 aromatic heterocycles. The van der Waals surface area contributed by atoms with Crippen molar-refractivity contribution in [2.24, 2.45) is 0 Å². The molecule has 24 heavy (non-hydrogen) atoms. The van der Waals surface area contributed by atoms with Crippen LogP contribution in [-0.2, 0) is 11.2 Å². The van der Waals surface area contributed by atoms with Crippen molar-refractivity contribution in [1.29, 1.82) is 0 Å². The lowest BCUT2D eigenvalue weighted by Gasteiger charge is -2.17. The lowest BCUT2D eigenvalue weighted by Crippen LogP contribution is -2.34. The second-order valence-corrected chi connectivity index (χ2v) is 6.74. The molecule has 1 heterocycles. The maximum absolute atomic E-state index is 12.6. The molecule has 0 spiro atoms. The average molecular weight is 321 g/mol. The van der Waals surface area contributed by atoms with Crippen LogP contribution < -0.4 is 5.32 Å². The number of rotatable bonds is 3. The van der Waals surface area contributed by atoms with Gasteiger partial charge in [0.1, 0.15) is 6.54 Å². The molecule has 3 rings (SSSR count). The molecule has 3 nitrogen and oxygen atoms in total. The zero-order chi connectivity index (χ0) is 17.3. The Morgan fingerprint density at radius 2 is 1.75 bits per heavy atom. The van der Waals surface area contributed by atoms with Crippen LogP contribution in [0.5, 0.6) is 0 Å². The first-order valence-corrected chi connectivity index (χ1v) is 8.50. The summed E-state index contributed by atoms with van der Waals surface area (Å²) in [6.07, 6.45) is 0.989. The zero-order valence-electron chi connectivity index (χ0n) is 14.9. The van der Waals surface area contributed by atoms with E-state index in [2.05, 4.69) is 60.1 Å². The van der Waals surface area contributed by atoms with Gasteiger partial charge in [-0.1, -0.05) is 35.9 Å². The minimum Gasteiger partial charge on any atom is -0.320 e. The summed E-state index contributed by atoms with van der Waals surface area (Å²) >= 11 is 0. The number of hydrogen-bond acceptors (Lipinski definition) is 1. The van der Waals surface area contributed by atoms with Gasteiger partial charge in [0, 0.05) is 24.6 Å². The number of amides is 1. The molecule has 1 N–H and O–H groups in total. The smallest absolute Gasteiger partial charge is 0.289 e. The van der Waals surface area contributed by atoms with E-state index in [0.29, 0.717) is 6.54 Å². The third kappa shape index (κ3) is 3.25. The maximum atomic E-state index is 12.6. The summed E-state index contributed by atoms with van der Waals surface area (Å²) < 4.78 is 2.18. The first-order chi connectivity index (χ1) is 11.5. The summed E-state index contributed by atoms with van der Waals surface area (Å²) in [6, 6.07) is 12.7. The minimum absolute atomic E-state index is 0.0452. The highest BCUT2D eigenvalue weighted by Gasteiger charge is 2.24. The highest BCUT2D eigenvalue weighted by Crippen LogP contribution is 2.22. The number of aryl methyl sites for hydroxylation is 3. The summed E-state index contributed by atoms with van der Waals surface area (Å²) in [5.74, 6) is 0.0452. The van der Waals surface area contributed by atoms with E-state index in [1.165, 1.54) is 22.4 Å². The van der Waals surface area contributed by atoms with Crippen LogP contribution in [0, 0.1) is 20.8 Å². The van der Waals surface area contributed by atoms with E-state index in [0.717, 1.165) is 29.8 Å². The van der Waals surface area contributed by atoms with Gasteiger partial charge < -0.3 is 5.32 Å². The van der Waals surface area contributed by atoms with Crippen molar-refractivity contribution >= 4 is 17.3 Å². The molecule has 0 atom stereocenters. The van der Waals surface area contributed by atoms with Crippen molar-refractivity contribution < 1.29 is 9.37 Å². The van der Waals surface area contributed by atoms with Crippen LogP contribution in [-0.4, -0.2) is 29.3 Å². The Morgan fingerprint density at radius 1 is 1.08 bits per heavy atom. The fourth-order valence-electron chi connectivity index (χ4n) is 3.61. The fourth-order valence-corrected chi connectivity index (χ4v) is 3.61. The molecule has 0 bridgehead atoms. The van der Waals surface area contributed by atoms with Crippen LogP contribution in [0.4, 0.5) is 5.69 Å². The monoisotopic (exact) mass is 321 g/mol. The van der Waals surface area contributed by atoms with Crippen LogP contribution in [0.25, 0.3) is 0 Å². The van der Waals surface area contributed by atoms with Gasteiger partial charge in [0.15, 0.2) is 5.71 Å². The Kier molecular flexibility index (Phi) is 4.52. The van der Waals surface area contributed by atoms with Gasteiger partial charge in [-0.05, 0) is 43.5 Å². The number of fused-ring (bicyclic) bond motifs is 1. The average Bonchev–Trinajstić information content (AvgIpc) is 2.54. The Bertz CT molecular complexity index is 810. The van der Waals surface area contributed by atoms with Crippen molar-refractivity contribution in [3.8, 4) is 0 Å². The third-order valence-corrected chi connectivity index (χ3v) is 4.81. The molecular weight excluding hydrogens is 296 g/mol. The highest BCUT2D eigenvalue weighted by molar-refractivity contribution is 5.98. The van der Waals surface area contributed by atoms with Crippen LogP contribution in [0.15, 0.2) is 36.4 Å². The lowest BCUT2D eigenvalue weighted by molar-refractivity contribution is -0.517. The van der Waals surface area contributed by atoms with E-state index in [-0.39, 0.29) is 5.91 Å². The van der Waals surface area contributed by atoms with Gasteiger partial charge in [0.25, 0.3) is 5.91 Å². The van der Waals surface area contributed by atoms with E-state index >= 15 is 0 Å². The summed E-state index contributed by atoms with van der Waals surface area (Å²) in [4.78, 5) is 12.6. The molecule has 0 radical (unpaired) electrons. The van der Waals surface area contributed by atoms with Gasteiger partial charge in [0.2, 0.25) is 6.54 Å². The highest BCUT2D eigenvalue weighted by atomic mass is 16.1. The van der Waals surface area contributed by atoms with Crippen molar-refractivity contribution in [2.45, 2.75) is 34.1 Å². The van der Waals surface area contributed by atoms with E-state index in [9.17, 15) is 4.79 Å². The van der Waals surface area contributed by atoms with Crippen LogP contribution in [0.1, 0.15) is 34.7 Å². The lowest BCUT2D eigenvalue weighted by atomic mass is 9.97. The number of carbonyl (C=O) groups excluding carboxylic acids is 1. The normalized spacial score (nSPS) is 13.7. The predicted octanol–water partition coefficient (Wildman–Crippen LogP) is 3.63. The molecule has 0 aliphatic carbocycles. The van der Waals surface area contributed by atoms with Gasteiger partial charge in [0.05, 0.1) is 0 Å². The maximum Gasteiger partial charge on any atom is 0.289 e. The summed E-state index contributed by atoms with van der Waals surface area (Å²) in [7, 11) is 0. The van der Waals surface area contributed by atoms with E-state index < -0.39 is 0 Å². The SMILES string of the molecule is CC1=[N+](CC(=O)Nc2c(C)cc(C)cc2C)CCc2ccccc21. The van der Waals surface area contributed by atoms with Crippen molar-refractivity contribution in [2.75, 3.05) is 18.4 Å². The molecule has 0 unspecified atom stereocenters. The minimum atomic E-state index is 0.0452. The second-order valence-electron chi connectivity index (χ2n) is 6.74. The van der Waals surface area contributed by atoms with Crippen LogP contribution in [0.2, 0.25) is 0 Å². The first kappa shape index (κ1) is 16.4. The zero-order valence-corrected chi connectivity index (χ0v) is 14.9. The van der Waals surface area contributed by atoms with Gasteiger partial charge in [-0.15, -0.1) is 0 Å². The third-order valence-electron chi connectivity index (χ3n) is 4.81. The van der Waals surface area contributed by atoms with E-state index in [4.69, 9.17) is 0 Å². The Labute approximate surface area is 144 Å². The number of hydrogen-bond donors (Lipinski definition) is 1. The first-order valence-electron chi connectivity index (χ1n) is 8.50. The molecule has 1 aliphatic rings. The standard InChI is InChI=1S/C21H24N2O/c1-14-11-15(2)21(16(3)12-14)22-20(24)13-23-10-9-18-7-5-6-8-19(18)17(23)4/h5-8,11-12H,9-10,13H2,1-4H3/p+1. The van der Waals surface area contributed by atoms with Gasteiger partial charge in [-0.2, -0.15) is 0 Å². The number of anilines is 1. The molecular formula is C21H25N2O+. The molecule has 1 aliphatic heterocycles. The summed E-state index contributed by atoms with van der Waals surface area (Å²) in [6.45, 7) is 9.56. The van der Waals surface area contributed by atoms with Crippen molar-refractivity contribution in [3.05, 3.63) is 64.2 Å². The van der Waals surface area contributed by atoms with Gasteiger partial charge >= 0.3 is 0 Å². The Morgan fingerprint density at radius 3 is 2.46 bits per heavy atom. The Balaban J connectivity index is 1.79. The molecule has 1 amide bonds. The molecule has 124 valence electrons. The van der Waals surface area contributed by atoms with Crippen LogP contribution in [0.3, 0.4) is 0 Å². The molecule has 2 aromatic rings. The van der Waals surface area contributed by atoms with Crippen molar-refractivity contribution in [3.63, 3.8) is 0 Å². The topological polar surface area (TPSA) is 32.1 Å². The molecule has 2 aromatic carbocycles. The van der Waals surface area contributed by atoms with Crippen molar-refractivity contribution in [1.82, 2.24) is 0 Å². The molecule has 0 saturated carbocycles. The Hall–Kier alpha value is -2.42. The molecule has 3 heteroatoms. The molecule has 0 saturated heterocycles. The number of nitrogens with zero attached hydrogens (tertiary/aromatic N) is 1. The number of carbonyl (C=O) groups is 1. The summed E-state index contributed by atoms with van der Waals surface area (Å²) in [5.41, 5.74) is 8.22. The van der Waals surface area contributed by atoms with Gasteiger partial charge in [-0.3, -0.25) is 4.79 Å². The van der Waals surface area contributed by atoms with E-state index in [1.807, 2.05) is 13.8 Å². The van der Waals surface area contributed by atoms with Gasteiger partial charge in [-0.25, -0.2) is 4.58 Å². The number of nitrogens with one attached hydrogen (secondary N) is 1. The fraction of sp³-hybridized carbons (Fsp3) is 0.333. The molecule has 0 fully saturated rings. The second kappa shape index (κ2) is 6.60. The van der Waals surface area contributed by atoms with Crippen LogP contribution >= 0.6 is 0 Å².